The summed E-state index contributed by atoms with van der Waals surface area (Å²) >= 11 is 5.89. The Labute approximate surface area is 144 Å². The van der Waals surface area contributed by atoms with E-state index < -0.39 is 0 Å². The molecule has 1 heterocycles. The van der Waals surface area contributed by atoms with Crippen molar-refractivity contribution in [2.75, 3.05) is 10.6 Å². The number of nitrogens with zero attached hydrogens (tertiary/aromatic N) is 2. The Hall–Kier alpha value is -2.66. The van der Waals surface area contributed by atoms with Gasteiger partial charge in [-0.15, -0.1) is 0 Å². The van der Waals surface area contributed by atoms with Crippen LogP contribution in [0.4, 0.5) is 21.8 Å². The molecule has 0 unspecified atom stereocenters. The van der Waals surface area contributed by atoms with Gasteiger partial charge in [-0.3, -0.25) is 0 Å². The summed E-state index contributed by atoms with van der Waals surface area (Å²) in [4.78, 5) is 8.81. The highest BCUT2D eigenvalue weighted by Gasteiger charge is 2.03. The zero-order valence-corrected chi connectivity index (χ0v) is 13.8. The van der Waals surface area contributed by atoms with Gasteiger partial charge in [0, 0.05) is 29.0 Å². The van der Waals surface area contributed by atoms with Crippen LogP contribution in [-0.2, 0) is 6.54 Å². The molecule has 0 saturated carbocycles. The van der Waals surface area contributed by atoms with Gasteiger partial charge >= 0.3 is 0 Å². The van der Waals surface area contributed by atoms with Crippen molar-refractivity contribution < 1.29 is 4.39 Å². The smallest absolute Gasteiger partial charge is 0.225 e. The maximum Gasteiger partial charge on any atom is 0.225 e. The third-order valence-corrected chi connectivity index (χ3v) is 3.59. The van der Waals surface area contributed by atoms with Crippen LogP contribution in [0.1, 0.15) is 11.3 Å². The largest absolute Gasteiger partial charge is 0.350 e. The molecule has 3 aromatic rings. The topological polar surface area (TPSA) is 49.8 Å². The average molecular weight is 343 g/mol. The Morgan fingerprint density at radius 3 is 2.42 bits per heavy atom. The van der Waals surface area contributed by atoms with Gasteiger partial charge in [-0.1, -0.05) is 23.7 Å². The SMILES string of the molecule is Cc1cc(Nc2ccc(Cl)cc2)nc(NCc2ccc(F)cc2)n1. The highest BCUT2D eigenvalue weighted by atomic mass is 35.5. The molecule has 3 rings (SSSR count). The van der Waals surface area contributed by atoms with Crippen LogP contribution in [-0.4, -0.2) is 9.97 Å². The predicted octanol–water partition coefficient (Wildman–Crippen LogP) is 4.93. The Morgan fingerprint density at radius 2 is 1.71 bits per heavy atom. The molecule has 0 saturated heterocycles. The maximum absolute atomic E-state index is 12.9. The minimum absolute atomic E-state index is 0.250. The van der Waals surface area contributed by atoms with Crippen molar-refractivity contribution in [1.29, 1.82) is 0 Å². The Balaban J connectivity index is 1.71. The second-order valence-corrected chi connectivity index (χ2v) is 5.77. The zero-order chi connectivity index (χ0) is 16.9. The molecule has 4 nitrogen and oxygen atoms in total. The molecule has 0 fully saturated rings. The number of aromatic nitrogens is 2. The molecular weight excluding hydrogens is 327 g/mol. The van der Waals surface area contributed by atoms with E-state index in [0.29, 0.717) is 23.3 Å². The first kappa shape index (κ1) is 16.2. The minimum atomic E-state index is -0.250. The number of anilines is 3. The highest BCUT2D eigenvalue weighted by Crippen LogP contribution is 2.19. The van der Waals surface area contributed by atoms with E-state index in [1.807, 2.05) is 37.3 Å². The van der Waals surface area contributed by atoms with Crippen LogP contribution in [0.15, 0.2) is 54.6 Å². The van der Waals surface area contributed by atoms with Gasteiger partial charge in [0.1, 0.15) is 11.6 Å². The van der Waals surface area contributed by atoms with Gasteiger partial charge in [0.2, 0.25) is 5.95 Å². The van der Waals surface area contributed by atoms with Gasteiger partial charge in [0.15, 0.2) is 0 Å². The summed E-state index contributed by atoms with van der Waals surface area (Å²) in [7, 11) is 0. The molecule has 0 atom stereocenters. The number of nitrogens with one attached hydrogen (secondary N) is 2. The first-order valence-electron chi connectivity index (χ1n) is 7.45. The van der Waals surface area contributed by atoms with Crippen molar-refractivity contribution in [3.05, 3.63) is 76.7 Å². The fourth-order valence-electron chi connectivity index (χ4n) is 2.18. The average Bonchev–Trinajstić information content (AvgIpc) is 2.56. The summed E-state index contributed by atoms with van der Waals surface area (Å²) in [5.41, 5.74) is 2.68. The molecule has 2 aromatic carbocycles. The molecular formula is C18H16ClFN4. The molecule has 1 aromatic heterocycles. The molecule has 0 aliphatic rings. The first-order chi connectivity index (χ1) is 11.6. The van der Waals surface area contributed by atoms with Gasteiger partial charge in [-0.05, 0) is 48.9 Å². The van der Waals surface area contributed by atoms with E-state index in [1.54, 1.807) is 12.1 Å². The van der Waals surface area contributed by atoms with Crippen LogP contribution in [0.3, 0.4) is 0 Å². The van der Waals surface area contributed by atoms with Crippen molar-refractivity contribution in [2.45, 2.75) is 13.5 Å². The normalized spacial score (nSPS) is 10.5. The summed E-state index contributed by atoms with van der Waals surface area (Å²) in [5.74, 6) is 0.947. The predicted molar refractivity (Wildman–Crippen MR) is 95.2 cm³/mol. The molecule has 0 bridgehead atoms. The summed E-state index contributed by atoms with van der Waals surface area (Å²) in [5, 5.41) is 7.05. The van der Waals surface area contributed by atoms with Crippen molar-refractivity contribution >= 4 is 29.1 Å². The fraction of sp³-hybridized carbons (Fsp3) is 0.111. The van der Waals surface area contributed by atoms with E-state index in [4.69, 9.17) is 11.6 Å². The number of benzene rings is 2. The lowest BCUT2D eigenvalue weighted by Gasteiger charge is -2.10. The zero-order valence-electron chi connectivity index (χ0n) is 13.1. The van der Waals surface area contributed by atoms with E-state index in [-0.39, 0.29) is 5.82 Å². The van der Waals surface area contributed by atoms with Gasteiger partial charge in [-0.25, -0.2) is 9.37 Å². The summed E-state index contributed by atoms with van der Waals surface area (Å²) in [6.45, 7) is 2.42. The van der Waals surface area contributed by atoms with Gasteiger partial charge in [0.25, 0.3) is 0 Å². The lowest BCUT2D eigenvalue weighted by Crippen LogP contribution is -2.06. The Kier molecular flexibility index (Phi) is 4.91. The van der Waals surface area contributed by atoms with E-state index in [0.717, 1.165) is 16.9 Å². The lowest BCUT2D eigenvalue weighted by atomic mass is 10.2. The van der Waals surface area contributed by atoms with Gasteiger partial charge in [-0.2, -0.15) is 4.98 Å². The first-order valence-corrected chi connectivity index (χ1v) is 7.83. The number of rotatable bonds is 5. The Bertz CT molecular complexity index is 819. The highest BCUT2D eigenvalue weighted by molar-refractivity contribution is 6.30. The monoisotopic (exact) mass is 342 g/mol. The molecule has 24 heavy (non-hydrogen) atoms. The number of halogens is 2. The third kappa shape index (κ3) is 4.43. The van der Waals surface area contributed by atoms with Crippen LogP contribution >= 0.6 is 11.6 Å². The van der Waals surface area contributed by atoms with Crippen LogP contribution in [0.5, 0.6) is 0 Å². The van der Waals surface area contributed by atoms with Crippen molar-refractivity contribution in [1.82, 2.24) is 9.97 Å². The summed E-state index contributed by atoms with van der Waals surface area (Å²) in [6, 6.07) is 15.6. The quantitative estimate of drug-likeness (QED) is 0.690. The maximum atomic E-state index is 12.9. The molecule has 122 valence electrons. The van der Waals surface area contributed by atoms with E-state index in [2.05, 4.69) is 20.6 Å². The number of hydrogen-bond donors (Lipinski definition) is 2. The van der Waals surface area contributed by atoms with Crippen molar-refractivity contribution in [3.63, 3.8) is 0 Å². The van der Waals surface area contributed by atoms with Crippen molar-refractivity contribution in [2.24, 2.45) is 0 Å². The molecule has 0 amide bonds. The molecule has 6 heteroatoms. The minimum Gasteiger partial charge on any atom is -0.350 e. The Morgan fingerprint density at radius 1 is 1.00 bits per heavy atom. The van der Waals surface area contributed by atoms with Gasteiger partial charge < -0.3 is 10.6 Å². The van der Waals surface area contributed by atoms with Gasteiger partial charge in [0.05, 0.1) is 0 Å². The molecule has 0 aliphatic heterocycles. The third-order valence-electron chi connectivity index (χ3n) is 3.33. The molecule has 2 N–H and O–H groups in total. The van der Waals surface area contributed by atoms with Crippen molar-refractivity contribution in [3.8, 4) is 0 Å². The summed E-state index contributed by atoms with van der Waals surface area (Å²) < 4.78 is 12.9. The second kappa shape index (κ2) is 7.27. The van der Waals surface area contributed by atoms with Crippen LogP contribution in [0.25, 0.3) is 0 Å². The summed E-state index contributed by atoms with van der Waals surface area (Å²) in [6.07, 6.45) is 0. The fourth-order valence-corrected chi connectivity index (χ4v) is 2.30. The van der Waals surface area contributed by atoms with Crippen LogP contribution in [0, 0.1) is 12.7 Å². The second-order valence-electron chi connectivity index (χ2n) is 5.33. The van der Waals surface area contributed by atoms with E-state index >= 15 is 0 Å². The molecule has 0 radical (unpaired) electrons. The van der Waals surface area contributed by atoms with E-state index in [1.165, 1.54) is 12.1 Å². The molecule has 0 spiro atoms. The van der Waals surface area contributed by atoms with Crippen LogP contribution < -0.4 is 10.6 Å². The lowest BCUT2D eigenvalue weighted by molar-refractivity contribution is 0.627. The van der Waals surface area contributed by atoms with Crippen LogP contribution in [0.2, 0.25) is 5.02 Å². The number of hydrogen-bond acceptors (Lipinski definition) is 4. The number of aryl methyl sites for hydroxylation is 1. The molecule has 0 aliphatic carbocycles. The van der Waals surface area contributed by atoms with E-state index in [9.17, 15) is 4.39 Å². The standard InChI is InChI=1S/C18H16ClFN4/c1-12-10-17(23-16-8-4-14(19)5-9-16)24-18(22-12)21-11-13-2-6-15(20)7-3-13/h2-10H,11H2,1H3,(H2,21,22,23,24).